The van der Waals surface area contributed by atoms with Crippen molar-refractivity contribution >= 4 is 34.7 Å². The van der Waals surface area contributed by atoms with Gasteiger partial charge in [-0.1, -0.05) is 66.2 Å². The molecule has 1 fully saturated rings. The van der Waals surface area contributed by atoms with Gasteiger partial charge >= 0.3 is 0 Å². The maximum absolute atomic E-state index is 11.8. The highest BCUT2D eigenvalue weighted by atomic mass is 35.5. The number of aromatic nitrogens is 8. The molecule has 25 nitrogen and oxygen atoms in total. The number of para-hydroxylation sites is 2. The van der Waals surface area contributed by atoms with Crippen molar-refractivity contribution in [1.82, 2.24) is 39.1 Å². The molecule has 121 heavy (non-hydrogen) atoms. The highest BCUT2D eigenvalue weighted by molar-refractivity contribution is 6.30. The number of hydrogen-bond acceptors (Lipinski definition) is 21. The van der Waals surface area contributed by atoms with Gasteiger partial charge in [0.15, 0.2) is 23.1 Å². The average Bonchev–Trinajstić information content (AvgIpc) is 1.68. The Bertz CT molecular complexity index is 5590. The Morgan fingerprint density at radius 3 is 1.03 bits per heavy atom. The van der Waals surface area contributed by atoms with E-state index < -0.39 is 22.4 Å². The first-order chi connectivity index (χ1) is 57.7. The minimum Gasteiger partial charge on any atom is -0.497 e. The Labute approximate surface area is 711 Å². The lowest BCUT2D eigenvalue weighted by atomic mass is 10.1. The number of methoxy groups -OCH3 is 7. The zero-order valence-corrected chi connectivity index (χ0v) is 72.6. The summed E-state index contributed by atoms with van der Waals surface area (Å²) in [4.78, 5) is 47.2. The van der Waals surface area contributed by atoms with Gasteiger partial charge in [-0.3, -0.25) is 19.2 Å². The number of nitrogens with zero attached hydrogens (tertiary/aromatic N) is 9. The SMILES string of the molecule is CC(=O)C(C)(C)OCc1cc(-c2cccc(OC3CC3)c2)n(-c2ccccc2C#N)n1.COc1cc(OC)cc(-c2cc(COC(C)(C)C(C)=O)nn2-c2cccc(Cl)c2)c1.COc1cc(OC)cc(-c2cc(COC(C)(C)C(C)=O)nn2-c2cccc(OC)c2)c1.COc1cc(OC)cc(-c2cc(COC(C)(C)C(C)=O)nn2-c2ccccc2)c1. The van der Waals surface area contributed by atoms with Gasteiger partial charge < -0.3 is 56.8 Å². The molecule has 0 unspecified atom stereocenters. The van der Waals surface area contributed by atoms with Crippen LogP contribution in [0, 0.1) is 11.3 Å². The van der Waals surface area contributed by atoms with Gasteiger partial charge in [0.2, 0.25) is 0 Å². The first-order valence-corrected chi connectivity index (χ1v) is 39.5. The van der Waals surface area contributed by atoms with Crippen LogP contribution >= 0.6 is 11.6 Å². The van der Waals surface area contributed by atoms with E-state index in [9.17, 15) is 24.4 Å². The first-order valence-electron chi connectivity index (χ1n) is 39.1. The number of hydrogen-bond donors (Lipinski definition) is 0. The van der Waals surface area contributed by atoms with E-state index in [4.69, 9.17) is 88.8 Å². The highest BCUT2D eigenvalue weighted by Crippen LogP contribution is 2.38. The molecule has 0 amide bonds. The maximum atomic E-state index is 11.8. The number of halogens is 1. The lowest BCUT2D eigenvalue weighted by Gasteiger charge is -2.21. The molecule has 1 saturated carbocycles. The smallest absolute Gasteiger partial charge is 0.161 e. The number of nitriles is 1. The van der Waals surface area contributed by atoms with Crippen LogP contribution in [0.25, 0.3) is 67.8 Å². The number of rotatable bonds is 33. The Morgan fingerprint density at radius 2 is 0.669 bits per heavy atom. The minimum atomic E-state index is -0.896. The fraction of sp³-hybridized carbons (Fsp3) is 0.316. The predicted molar refractivity (Wildman–Crippen MR) is 463 cm³/mol. The molecular weight excluding hydrogens is 1560 g/mol. The van der Waals surface area contributed by atoms with E-state index in [0.29, 0.717) is 74.0 Å². The number of carbonyl (C=O) groups excluding carboxylic acids is 4. The molecule has 4 aromatic heterocycles. The molecule has 0 atom stereocenters. The minimum absolute atomic E-state index is 0.0299. The summed E-state index contributed by atoms with van der Waals surface area (Å²) in [5.41, 5.74) is 9.85. The Morgan fingerprint density at radius 1 is 0.355 bits per heavy atom. The molecule has 26 heteroatoms. The summed E-state index contributed by atoms with van der Waals surface area (Å²) in [6, 6.07) is 67.1. The van der Waals surface area contributed by atoms with Gasteiger partial charge in [0.25, 0.3) is 0 Å². The largest absolute Gasteiger partial charge is 0.497 e. The quantitative estimate of drug-likeness (QED) is 0.0369. The van der Waals surface area contributed by atoms with Crippen LogP contribution in [0.1, 0.15) is 124 Å². The Kier molecular flexibility index (Phi) is 30.2. The molecule has 0 bridgehead atoms. The molecule has 12 aromatic rings. The fourth-order valence-corrected chi connectivity index (χ4v) is 11.9. The molecule has 13 rings (SSSR count). The van der Waals surface area contributed by atoms with Crippen LogP contribution in [0.2, 0.25) is 5.02 Å². The number of ketones is 4. The van der Waals surface area contributed by atoms with Crippen LogP contribution in [0.15, 0.2) is 206 Å². The van der Waals surface area contributed by atoms with Gasteiger partial charge in [-0.05, 0) is 223 Å². The van der Waals surface area contributed by atoms with E-state index in [1.165, 1.54) is 27.7 Å². The van der Waals surface area contributed by atoms with Crippen LogP contribution in [0.4, 0.5) is 0 Å². The molecule has 8 aromatic carbocycles. The summed E-state index contributed by atoms with van der Waals surface area (Å²) in [6.07, 6.45) is 2.48. The van der Waals surface area contributed by atoms with Crippen molar-refractivity contribution in [2.45, 2.75) is 151 Å². The molecule has 1 aliphatic rings. The summed E-state index contributed by atoms with van der Waals surface area (Å²) in [7, 11) is 11.3. The average molecular weight is 1660 g/mol. The van der Waals surface area contributed by atoms with E-state index in [-0.39, 0.29) is 49.6 Å². The summed E-state index contributed by atoms with van der Waals surface area (Å²) < 4.78 is 74.4. The molecule has 0 radical (unpaired) electrons. The van der Waals surface area contributed by atoms with Gasteiger partial charge in [-0.25, -0.2) is 18.7 Å². The standard InChI is InChI=1S/C25H25N3O3.C24H28N2O5.C23H25ClN2O4.C23H26N2O4/c1-17(29)25(2,3)30-16-20-14-24(18-8-6-9-22(13-18)31-21-11-12-21)28(27-20)23-10-5-4-7-19(23)15-26;1-16(27)24(2,3)31-15-18-12-23(17-10-21(29-5)14-22(11-17)30-6)26(25-18)19-8-7-9-20(13-19)28-4;1-15(27)23(2,3)30-14-18-12-22(16-9-20(28-4)13-21(10-16)29-5)26(25-18)19-8-6-7-17(24)11-19;1-16(26)23(2,3)29-15-18-13-22(25(24-18)19-9-7-6-8-10-19)17-11-20(27-4)14-21(12-17)28-5/h4-10,13-14,21H,11-12,16H2,1-3H3;7-14H,15H2,1-6H3;6-13H,14H2,1-5H3;6-14H,15H2,1-5H3. The maximum Gasteiger partial charge on any atom is 0.161 e. The summed E-state index contributed by atoms with van der Waals surface area (Å²) in [5, 5.41) is 29.1. The number of benzene rings is 8. The third-order valence-corrected chi connectivity index (χ3v) is 20.5. The first kappa shape index (κ1) is 90.6. The van der Waals surface area contributed by atoms with Crippen molar-refractivity contribution < 1.29 is 76.0 Å². The monoisotopic (exact) mass is 1660 g/mol. The lowest BCUT2D eigenvalue weighted by molar-refractivity contribution is -0.140. The molecule has 0 aliphatic heterocycles. The molecule has 0 saturated heterocycles. The highest BCUT2D eigenvalue weighted by Gasteiger charge is 2.31. The normalized spacial score (nSPS) is 11.9. The zero-order valence-electron chi connectivity index (χ0n) is 71.9. The Hall–Kier alpha value is -12.7. The Balaban J connectivity index is 0.000000169. The molecule has 4 heterocycles. The second-order valence-corrected chi connectivity index (χ2v) is 30.9. The van der Waals surface area contributed by atoms with E-state index in [2.05, 4.69) is 6.07 Å². The van der Waals surface area contributed by atoms with Crippen molar-refractivity contribution in [2.24, 2.45) is 0 Å². The molecule has 0 N–H and O–H groups in total. The number of ether oxygens (including phenoxy) is 12. The van der Waals surface area contributed by atoms with E-state index in [1.807, 2.05) is 210 Å². The van der Waals surface area contributed by atoms with Crippen molar-refractivity contribution in [3.63, 3.8) is 0 Å². The lowest BCUT2D eigenvalue weighted by Crippen LogP contribution is -2.32. The molecule has 0 spiro atoms. The summed E-state index contributed by atoms with van der Waals surface area (Å²) in [6.45, 7) is 20.9. The third kappa shape index (κ3) is 23.9. The van der Waals surface area contributed by atoms with Crippen molar-refractivity contribution in [3.8, 4) is 120 Å². The van der Waals surface area contributed by atoms with Gasteiger partial charge in [-0.2, -0.15) is 25.7 Å². The van der Waals surface area contributed by atoms with Crippen LogP contribution < -0.4 is 37.9 Å². The van der Waals surface area contributed by atoms with Crippen LogP contribution in [0.3, 0.4) is 0 Å². The van der Waals surface area contributed by atoms with E-state index >= 15 is 0 Å². The van der Waals surface area contributed by atoms with Crippen LogP contribution in [0.5, 0.6) is 46.0 Å². The van der Waals surface area contributed by atoms with Gasteiger partial charge in [0, 0.05) is 51.5 Å². The fourth-order valence-electron chi connectivity index (χ4n) is 11.7. The summed E-state index contributed by atoms with van der Waals surface area (Å²) >= 11 is 6.21. The molecule has 1 aliphatic carbocycles. The predicted octanol–water partition coefficient (Wildman–Crippen LogP) is 18.8. The zero-order chi connectivity index (χ0) is 87.5. The van der Waals surface area contributed by atoms with E-state index in [1.54, 1.807) is 121 Å². The van der Waals surface area contributed by atoms with Gasteiger partial charge in [0.05, 0.1) is 156 Å². The second-order valence-electron chi connectivity index (χ2n) is 30.4. The molecule has 632 valence electrons. The van der Waals surface area contributed by atoms with Crippen molar-refractivity contribution in [3.05, 3.63) is 240 Å². The topological polar surface area (TPSA) is 274 Å². The number of Topliss-reactive ketones (excluding diaryl/α,β-unsaturated/α-hetero) is 4. The van der Waals surface area contributed by atoms with Crippen molar-refractivity contribution in [2.75, 3.05) is 49.8 Å². The summed E-state index contributed by atoms with van der Waals surface area (Å²) in [5.74, 6) is 5.42. The number of carbonyl (C=O) groups is 4. The van der Waals surface area contributed by atoms with Gasteiger partial charge in [0.1, 0.15) is 74.5 Å². The van der Waals surface area contributed by atoms with Crippen LogP contribution in [-0.2, 0) is 64.6 Å². The molecular formula is C95H104ClN9O16. The van der Waals surface area contributed by atoms with Crippen molar-refractivity contribution in [1.29, 1.82) is 5.26 Å². The van der Waals surface area contributed by atoms with Crippen LogP contribution in [-0.4, -0.2) is 141 Å². The van der Waals surface area contributed by atoms with E-state index in [0.717, 1.165) is 92.1 Å². The third-order valence-electron chi connectivity index (χ3n) is 20.3. The second kappa shape index (κ2) is 40.4. The van der Waals surface area contributed by atoms with Gasteiger partial charge in [-0.15, -0.1) is 0 Å².